The van der Waals surface area contributed by atoms with Crippen molar-refractivity contribution >= 4 is 34.2 Å². The highest BCUT2D eigenvalue weighted by Gasteiger charge is 2.33. The first-order valence-electron chi connectivity index (χ1n) is 9.37. The van der Waals surface area contributed by atoms with Gasteiger partial charge in [0.15, 0.2) is 0 Å². The third kappa shape index (κ3) is 6.40. The fourth-order valence-electron chi connectivity index (χ4n) is 4.45. The van der Waals surface area contributed by atoms with E-state index in [0.717, 1.165) is 13.1 Å². The molecule has 1 rings (SSSR count). The van der Waals surface area contributed by atoms with Crippen LogP contribution in [0.4, 0.5) is 0 Å². The van der Waals surface area contributed by atoms with Crippen LogP contribution in [0.2, 0.25) is 45.8 Å². The number of benzene rings is 1. The quantitative estimate of drug-likeness (QED) is 0.654. The molecule has 0 aliphatic carbocycles. The Bertz CT molecular complexity index is 577. The van der Waals surface area contributed by atoms with Gasteiger partial charge in [0, 0.05) is 21.5 Å². The Morgan fingerprint density at radius 2 is 1.16 bits per heavy atom. The summed E-state index contributed by atoms with van der Waals surface area (Å²) in [6.45, 7) is 20.1. The van der Waals surface area contributed by atoms with Crippen molar-refractivity contribution < 1.29 is 0 Å². The summed E-state index contributed by atoms with van der Waals surface area (Å²) in [6.07, 6.45) is 0. The van der Waals surface area contributed by atoms with Gasteiger partial charge in [-0.05, 0) is 44.5 Å². The Morgan fingerprint density at radius 3 is 1.44 bits per heavy atom. The lowest BCUT2D eigenvalue weighted by atomic mass is 10.1. The zero-order chi connectivity index (χ0) is 19.6. The molecule has 142 valence electrons. The summed E-state index contributed by atoms with van der Waals surface area (Å²) in [6, 6.07) is 7.00. The van der Waals surface area contributed by atoms with Gasteiger partial charge in [0.05, 0.1) is 16.1 Å². The summed E-state index contributed by atoms with van der Waals surface area (Å²) >= 11 is 0. The summed E-state index contributed by atoms with van der Waals surface area (Å²) in [4.78, 5) is 4.63. The molecule has 1 aromatic carbocycles. The van der Waals surface area contributed by atoms with Crippen LogP contribution in [0.25, 0.3) is 0 Å². The van der Waals surface area contributed by atoms with Gasteiger partial charge in [-0.15, -0.1) is 4.42 Å². The Balaban J connectivity index is 3.78. The van der Waals surface area contributed by atoms with Crippen molar-refractivity contribution in [2.75, 3.05) is 28.2 Å². The highest BCUT2D eigenvalue weighted by Crippen LogP contribution is 2.17. The van der Waals surface area contributed by atoms with Gasteiger partial charge in [-0.3, -0.25) is 0 Å². The van der Waals surface area contributed by atoms with E-state index in [0.29, 0.717) is 0 Å². The van der Waals surface area contributed by atoms with Crippen molar-refractivity contribution in [3.05, 3.63) is 29.3 Å². The topological polar surface area (TPSA) is 6.48 Å². The van der Waals surface area contributed by atoms with Crippen LogP contribution in [-0.2, 0) is 13.1 Å². The lowest BCUT2D eigenvalue weighted by molar-refractivity contribution is 0.398. The molecule has 2 nitrogen and oxygen atoms in total. The first-order valence-corrected chi connectivity index (χ1v) is 18.4. The van der Waals surface area contributed by atoms with Crippen molar-refractivity contribution in [1.29, 1.82) is 0 Å². The molecule has 1 aromatic rings. The van der Waals surface area contributed by atoms with Crippen LogP contribution in [0.5, 0.6) is 0 Å². The average molecular weight is 393 g/mol. The SMILES string of the molecule is CN(C)Cc1cccc(CN(C)C)c1[Si](C)=C([Si](C)(C)C)[Si](C)(C)C. The molecule has 0 atom stereocenters. The summed E-state index contributed by atoms with van der Waals surface area (Å²) in [5.41, 5.74) is 3.10. The van der Waals surface area contributed by atoms with Crippen LogP contribution in [0.1, 0.15) is 11.1 Å². The average Bonchev–Trinajstić information content (AvgIpc) is 2.33. The lowest BCUT2D eigenvalue weighted by Crippen LogP contribution is -2.56. The molecule has 0 heterocycles. The third-order valence-electron chi connectivity index (χ3n) is 4.46. The molecular weight excluding hydrogens is 352 g/mol. The second-order valence-electron chi connectivity index (χ2n) is 9.93. The highest BCUT2D eigenvalue weighted by atomic mass is 28.4. The Labute approximate surface area is 160 Å². The first-order chi connectivity index (χ1) is 11.2. The van der Waals surface area contributed by atoms with Crippen molar-refractivity contribution in [3.63, 3.8) is 0 Å². The molecule has 0 radical (unpaired) electrons. The van der Waals surface area contributed by atoms with E-state index in [9.17, 15) is 0 Å². The summed E-state index contributed by atoms with van der Waals surface area (Å²) in [5, 5.41) is 1.70. The van der Waals surface area contributed by atoms with Gasteiger partial charge in [-0.2, -0.15) is 0 Å². The minimum absolute atomic E-state index is 0.683. The minimum Gasteiger partial charge on any atom is -0.305 e. The van der Waals surface area contributed by atoms with Crippen LogP contribution >= 0.6 is 0 Å². The van der Waals surface area contributed by atoms with Gasteiger partial charge in [0.25, 0.3) is 0 Å². The van der Waals surface area contributed by atoms with Crippen LogP contribution < -0.4 is 5.19 Å². The molecule has 0 aliphatic rings. The second-order valence-corrected chi connectivity index (χ2v) is 23.7. The largest absolute Gasteiger partial charge is 0.305 e. The molecule has 0 amide bonds. The molecule has 0 bridgehead atoms. The van der Waals surface area contributed by atoms with Crippen LogP contribution in [-0.4, -0.2) is 67.0 Å². The predicted octanol–water partition coefficient (Wildman–Crippen LogP) is 3.65. The fourth-order valence-corrected chi connectivity index (χ4v) is 24.7. The molecule has 0 unspecified atom stereocenters. The third-order valence-corrected chi connectivity index (χ3v) is 20.9. The predicted molar refractivity (Wildman–Crippen MR) is 124 cm³/mol. The van der Waals surface area contributed by atoms with Crippen LogP contribution in [0, 0.1) is 0 Å². The van der Waals surface area contributed by atoms with Crippen LogP contribution in [0.15, 0.2) is 18.2 Å². The zero-order valence-electron chi connectivity index (χ0n) is 18.5. The van der Waals surface area contributed by atoms with E-state index in [4.69, 9.17) is 0 Å². The fraction of sp³-hybridized carbons (Fsp3) is 0.650. The summed E-state index contributed by atoms with van der Waals surface area (Å²) in [5.74, 6) is 0. The molecule has 0 aromatic heterocycles. The molecule has 0 fully saturated rings. The van der Waals surface area contributed by atoms with Gasteiger partial charge >= 0.3 is 0 Å². The highest BCUT2D eigenvalue weighted by molar-refractivity contribution is 7.42. The van der Waals surface area contributed by atoms with E-state index in [-0.39, 0.29) is 0 Å². The molecular formula is C20H40N2Si3. The van der Waals surface area contributed by atoms with E-state index < -0.39 is 24.6 Å². The van der Waals surface area contributed by atoms with E-state index in [2.05, 4.69) is 102 Å². The number of rotatable bonds is 7. The van der Waals surface area contributed by atoms with Gasteiger partial charge < -0.3 is 9.80 Å². The van der Waals surface area contributed by atoms with Gasteiger partial charge in [0.2, 0.25) is 0 Å². The van der Waals surface area contributed by atoms with Gasteiger partial charge in [0.1, 0.15) is 0 Å². The number of hydrogen-bond acceptors (Lipinski definition) is 2. The Hall–Kier alpha value is -0.339. The molecule has 0 aliphatic heterocycles. The standard InChI is InChI=1S/C20H40N2Si3/c1-21(2)15-17-13-12-14-18(16-22(3)4)19(17)23(5)20(24(6,7)8)25(9,10)11/h12-14H,15-16H2,1-11H3. The van der Waals surface area contributed by atoms with Gasteiger partial charge in [-0.25, -0.2) is 0 Å². The minimum atomic E-state index is -1.30. The first kappa shape index (κ1) is 22.7. The lowest BCUT2D eigenvalue weighted by Gasteiger charge is -2.35. The Morgan fingerprint density at radius 1 is 0.800 bits per heavy atom. The van der Waals surface area contributed by atoms with E-state index in [1.54, 1.807) is 16.3 Å². The Kier molecular flexibility index (Phi) is 7.78. The smallest absolute Gasteiger partial charge is 0.0635 e. The molecule has 25 heavy (non-hydrogen) atoms. The van der Waals surface area contributed by atoms with E-state index in [1.807, 2.05) is 4.42 Å². The molecule has 5 heteroatoms. The molecule has 0 spiro atoms. The van der Waals surface area contributed by atoms with E-state index in [1.165, 1.54) is 0 Å². The van der Waals surface area contributed by atoms with Crippen LogP contribution in [0.3, 0.4) is 0 Å². The number of nitrogens with zero attached hydrogens (tertiary/aromatic N) is 2. The van der Waals surface area contributed by atoms with Crippen molar-refractivity contribution in [1.82, 2.24) is 9.80 Å². The summed E-state index contributed by atoms with van der Waals surface area (Å²) in [7, 11) is 5.47. The molecule has 0 saturated carbocycles. The van der Waals surface area contributed by atoms with Gasteiger partial charge in [-0.1, -0.05) is 64.0 Å². The maximum atomic E-state index is 2.59. The van der Waals surface area contributed by atoms with Crippen molar-refractivity contribution in [2.45, 2.75) is 58.9 Å². The molecule has 0 N–H and O–H groups in total. The summed E-state index contributed by atoms with van der Waals surface area (Å²) < 4.78 is 2.01. The molecule has 0 saturated heterocycles. The zero-order valence-corrected chi connectivity index (χ0v) is 21.5. The number of hydrogen-bond donors (Lipinski definition) is 0. The normalized spacial score (nSPS) is 12.8. The van der Waals surface area contributed by atoms with E-state index >= 15 is 0 Å². The van der Waals surface area contributed by atoms with Crippen molar-refractivity contribution in [2.24, 2.45) is 0 Å². The maximum absolute atomic E-state index is 2.59. The van der Waals surface area contributed by atoms with Crippen molar-refractivity contribution in [3.8, 4) is 0 Å². The second kappa shape index (κ2) is 8.57. The maximum Gasteiger partial charge on any atom is 0.0635 e. The monoisotopic (exact) mass is 392 g/mol.